The fraction of sp³-hybridized carbons (Fsp3) is 0.480. The van der Waals surface area contributed by atoms with Gasteiger partial charge in [0.2, 0.25) is 0 Å². The third-order valence-corrected chi connectivity index (χ3v) is 5.91. The molecule has 0 unspecified atom stereocenters. The van der Waals surface area contributed by atoms with Crippen molar-refractivity contribution in [3.8, 4) is 0 Å². The molecule has 1 saturated heterocycles. The van der Waals surface area contributed by atoms with Crippen molar-refractivity contribution in [3.63, 3.8) is 0 Å². The molecule has 2 aromatic rings. The molecule has 1 aliphatic rings. The van der Waals surface area contributed by atoms with E-state index in [-0.39, 0.29) is 17.4 Å². The molecule has 2 aromatic carbocycles. The normalized spacial score (nSPS) is 17.1. The van der Waals surface area contributed by atoms with Crippen LogP contribution >= 0.6 is 0 Å². The molecule has 0 bridgehead atoms. The van der Waals surface area contributed by atoms with Gasteiger partial charge < -0.3 is 10.2 Å². The van der Waals surface area contributed by atoms with Crippen molar-refractivity contribution in [2.45, 2.75) is 39.2 Å². The van der Waals surface area contributed by atoms with E-state index in [4.69, 9.17) is 0 Å². The lowest BCUT2D eigenvalue weighted by Gasteiger charge is -2.38. The van der Waals surface area contributed by atoms with Crippen molar-refractivity contribution < 1.29 is 4.79 Å². The highest BCUT2D eigenvalue weighted by molar-refractivity contribution is 5.94. The highest BCUT2D eigenvalue weighted by Crippen LogP contribution is 2.24. The number of piperazine rings is 1. The molecular formula is C25H35N3O. The molecule has 4 heteroatoms. The zero-order valence-corrected chi connectivity index (χ0v) is 18.5. The van der Waals surface area contributed by atoms with Crippen molar-refractivity contribution in [2.24, 2.45) is 0 Å². The van der Waals surface area contributed by atoms with Crippen molar-refractivity contribution in [1.82, 2.24) is 15.1 Å². The maximum absolute atomic E-state index is 12.8. The van der Waals surface area contributed by atoms with Crippen LogP contribution in [0, 0.1) is 6.92 Å². The second-order valence-corrected chi connectivity index (χ2v) is 9.30. The lowest BCUT2D eigenvalue weighted by molar-refractivity contribution is 0.0886. The summed E-state index contributed by atoms with van der Waals surface area (Å²) in [5, 5.41) is 3.18. The Morgan fingerprint density at radius 2 is 1.55 bits per heavy atom. The van der Waals surface area contributed by atoms with Gasteiger partial charge in [-0.15, -0.1) is 0 Å². The largest absolute Gasteiger partial charge is 0.350 e. The molecule has 1 aliphatic heterocycles. The van der Waals surface area contributed by atoms with Gasteiger partial charge in [0.05, 0.1) is 6.04 Å². The first-order valence-electron chi connectivity index (χ1n) is 10.6. The summed E-state index contributed by atoms with van der Waals surface area (Å²) in [6.07, 6.45) is 0. The van der Waals surface area contributed by atoms with Gasteiger partial charge in [-0.3, -0.25) is 9.69 Å². The fourth-order valence-corrected chi connectivity index (χ4v) is 3.79. The van der Waals surface area contributed by atoms with Crippen LogP contribution in [0.3, 0.4) is 0 Å². The molecule has 1 amide bonds. The minimum atomic E-state index is -0.00306. The zero-order chi connectivity index (χ0) is 21.0. The summed E-state index contributed by atoms with van der Waals surface area (Å²) >= 11 is 0. The zero-order valence-electron chi connectivity index (χ0n) is 18.5. The number of nitrogens with zero attached hydrogens (tertiary/aromatic N) is 2. The molecular weight excluding hydrogens is 358 g/mol. The molecule has 1 atom stereocenters. The van der Waals surface area contributed by atoms with Gasteiger partial charge in [0.15, 0.2) is 0 Å². The lowest BCUT2D eigenvalue weighted by Crippen LogP contribution is -2.48. The molecule has 0 radical (unpaired) electrons. The number of rotatable bonds is 5. The van der Waals surface area contributed by atoms with Crippen LogP contribution in [0.1, 0.15) is 53.9 Å². The Hall–Kier alpha value is -2.17. The van der Waals surface area contributed by atoms with Crippen LogP contribution in [0.2, 0.25) is 0 Å². The molecule has 4 nitrogen and oxygen atoms in total. The summed E-state index contributed by atoms with van der Waals surface area (Å²) in [6.45, 7) is 13.4. The standard InChI is InChI=1S/C25H35N3O/c1-19-6-8-20(9-7-19)23(28-16-14-27(5)15-17-28)18-26-24(29)21-10-12-22(13-11-21)25(2,3)4/h6-13,23H,14-18H2,1-5H3,(H,26,29)/t23-/m0/s1. The Labute approximate surface area is 175 Å². The third-order valence-electron chi connectivity index (χ3n) is 5.91. The molecule has 29 heavy (non-hydrogen) atoms. The van der Waals surface area contributed by atoms with Crippen molar-refractivity contribution in [2.75, 3.05) is 39.8 Å². The molecule has 0 spiro atoms. The first-order chi connectivity index (χ1) is 13.7. The first kappa shape index (κ1) is 21.5. The van der Waals surface area contributed by atoms with Crippen LogP contribution in [0.4, 0.5) is 0 Å². The minimum Gasteiger partial charge on any atom is -0.350 e. The van der Waals surface area contributed by atoms with E-state index in [0.29, 0.717) is 6.54 Å². The number of likely N-dealkylation sites (N-methyl/N-ethyl adjacent to an activating group) is 1. The van der Waals surface area contributed by atoms with Crippen LogP contribution in [-0.4, -0.2) is 55.5 Å². The van der Waals surface area contributed by atoms with Crippen LogP contribution in [0.5, 0.6) is 0 Å². The monoisotopic (exact) mass is 393 g/mol. The summed E-state index contributed by atoms with van der Waals surface area (Å²) in [4.78, 5) is 17.6. The number of hydrogen-bond donors (Lipinski definition) is 1. The van der Waals surface area contributed by atoms with Gasteiger partial charge in [-0.25, -0.2) is 0 Å². The number of amides is 1. The van der Waals surface area contributed by atoms with Crippen molar-refractivity contribution >= 4 is 5.91 Å². The number of nitrogens with one attached hydrogen (secondary N) is 1. The maximum atomic E-state index is 12.8. The Kier molecular flexibility index (Phi) is 6.76. The van der Waals surface area contributed by atoms with Gasteiger partial charge in [0.25, 0.3) is 5.91 Å². The molecule has 0 aliphatic carbocycles. The average molecular weight is 394 g/mol. The molecule has 1 fully saturated rings. The maximum Gasteiger partial charge on any atom is 0.251 e. The van der Waals surface area contributed by atoms with Crippen LogP contribution in [0.25, 0.3) is 0 Å². The van der Waals surface area contributed by atoms with Crippen molar-refractivity contribution in [1.29, 1.82) is 0 Å². The Morgan fingerprint density at radius 3 is 2.10 bits per heavy atom. The van der Waals surface area contributed by atoms with Gasteiger partial charge in [-0.1, -0.05) is 62.7 Å². The molecule has 3 rings (SSSR count). The van der Waals surface area contributed by atoms with E-state index in [0.717, 1.165) is 31.7 Å². The summed E-state index contributed by atoms with van der Waals surface area (Å²) in [5.41, 5.74) is 4.58. The number of aryl methyl sites for hydroxylation is 1. The van der Waals surface area contributed by atoms with Crippen LogP contribution in [0.15, 0.2) is 48.5 Å². The average Bonchev–Trinajstić information content (AvgIpc) is 2.70. The summed E-state index contributed by atoms with van der Waals surface area (Å²) < 4.78 is 0. The predicted molar refractivity (Wildman–Crippen MR) is 120 cm³/mol. The molecule has 0 aromatic heterocycles. The second kappa shape index (κ2) is 9.10. The number of carbonyl (C=O) groups is 1. The highest BCUT2D eigenvalue weighted by atomic mass is 16.1. The molecule has 0 saturated carbocycles. The van der Waals surface area contributed by atoms with Gasteiger partial charge in [0, 0.05) is 38.3 Å². The third kappa shape index (κ3) is 5.68. The first-order valence-corrected chi connectivity index (χ1v) is 10.6. The fourth-order valence-electron chi connectivity index (χ4n) is 3.79. The van der Waals surface area contributed by atoms with Gasteiger partial charge in [0.1, 0.15) is 0 Å². The molecule has 1 N–H and O–H groups in total. The highest BCUT2D eigenvalue weighted by Gasteiger charge is 2.24. The van der Waals surface area contributed by atoms with Crippen molar-refractivity contribution in [3.05, 3.63) is 70.8 Å². The van der Waals surface area contributed by atoms with E-state index in [1.165, 1.54) is 16.7 Å². The Balaban J connectivity index is 1.70. The predicted octanol–water partition coefficient (Wildman–Crippen LogP) is 4.01. The van der Waals surface area contributed by atoms with Crippen LogP contribution < -0.4 is 5.32 Å². The van der Waals surface area contributed by atoms with E-state index >= 15 is 0 Å². The Morgan fingerprint density at radius 1 is 0.966 bits per heavy atom. The summed E-state index contributed by atoms with van der Waals surface area (Å²) in [6, 6.07) is 16.9. The van der Waals surface area contributed by atoms with Gasteiger partial charge >= 0.3 is 0 Å². The number of carbonyl (C=O) groups excluding carboxylic acids is 1. The quantitative estimate of drug-likeness (QED) is 0.834. The summed E-state index contributed by atoms with van der Waals surface area (Å²) in [7, 11) is 2.17. The van der Waals surface area contributed by atoms with E-state index in [2.05, 4.69) is 86.3 Å². The van der Waals surface area contributed by atoms with E-state index in [9.17, 15) is 4.79 Å². The smallest absolute Gasteiger partial charge is 0.251 e. The molecule has 1 heterocycles. The lowest BCUT2D eigenvalue weighted by atomic mass is 9.87. The number of benzene rings is 2. The topological polar surface area (TPSA) is 35.6 Å². The number of hydrogen-bond acceptors (Lipinski definition) is 3. The summed E-state index contributed by atoms with van der Waals surface area (Å²) in [5.74, 6) is -0.00306. The Bertz CT molecular complexity index is 797. The molecule has 156 valence electrons. The van der Waals surface area contributed by atoms with Gasteiger partial charge in [-0.05, 0) is 42.6 Å². The van der Waals surface area contributed by atoms with Crippen LogP contribution in [-0.2, 0) is 5.41 Å². The second-order valence-electron chi connectivity index (χ2n) is 9.30. The van der Waals surface area contributed by atoms with E-state index in [1.54, 1.807) is 0 Å². The van der Waals surface area contributed by atoms with E-state index in [1.807, 2.05) is 12.1 Å². The minimum absolute atomic E-state index is 0.00306. The van der Waals surface area contributed by atoms with Gasteiger partial charge in [-0.2, -0.15) is 0 Å². The SMILES string of the molecule is Cc1ccc([C@H](CNC(=O)c2ccc(C(C)(C)C)cc2)N2CCN(C)CC2)cc1. The van der Waals surface area contributed by atoms with E-state index < -0.39 is 0 Å².